The standard InChI is InChI=1S/C18H16F2N2O2/c1-10-2-4-11(5-3-10)21-17(23)13-9-14(13)18(24)22-12-6-7-15(19)16(20)8-12/h2-8,13-14H,9H2,1H3,(H,21,23)(H,22,24). The Bertz CT molecular complexity index is 790. The highest BCUT2D eigenvalue weighted by Crippen LogP contribution is 2.40. The molecule has 1 aliphatic rings. The summed E-state index contributed by atoms with van der Waals surface area (Å²) in [7, 11) is 0. The third-order valence-corrected chi connectivity index (χ3v) is 3.97. The van der Waals surface area contributed by atoms with Gasteiger partial charge in [0.2, 0.25) is 11.8 Å². The molecule has 2 N–H and O–H groups in total. The van der Waals surface area contributed by atoms with Crippen molar-refractivity contribution in [2.24, 2.45) is 11.8 Å². The molecule has 1 saturated carbocycles. The number of aryl methyl sites for hydroxylation is 1. The highest BCUT2D eigenvalue weighted by atomic mass is 19.2. The second-order valence-corrected chi connectivity index (χ2v) is 5.92. The van der Waals surface area contributed by atoms with Crippen molar-refractivity contribution in [2.75, 3.05) is 10.6 Å². The summed E-state index contributed by atoms with van der Waals surface area (Å²) in [6, 6.07) is 10.5. The Morgan fingerprint density at radius 2 is 1.42 bits per heavy atom. The summed E-state index contributed by atoms with van der Waals surface area (Å²) in [4.78, 5) is 24.2. The predicted molar refractivity (Wildman–Crippen MR) is 86.4 cm³/mol. The Balaban J connectivity index is 1.55. The van der Waals surface area contributed by atoms with Crippen molar-refractivity contribution in [3.05, 3.63) is 59.7 Å². The minimum Gasteiger partial charge on any atom is -0.326 e. The van der Waals surface area contributed by atoms with E-state index in [1.54, 1.807) is 12.1 Å². The van der Waals surface area contributed by atoms with E-state index >= 15 is 0 Å². The van der Waals surface area contributed by atoms with E-state index in [0.29, 0.717) is 12.1 Å². The Kier molecular flexibility index (Phi) is 4.29. The van der Waals surface area contributed by atoms with Gasteiger partial charge >= 0.3 is 0 Å². The van der Waals surface area contributed by atoms with Crippen LogP contribution in [0.4, 0.5) is 20.2 Å². The van der Waals surface area contributed by atoms with Crippen molar-refractivity contribution in [1.82, 2.24) is 0 Å². The van der Waals surface area contributed by atoms with E-state index in [4.69, 9.17) is 0 Å². The predicted octanol–water partition coefficient (Wildman–Crippen LogP) is 3.49. The van der Waals surface area contributed by atoms with Crippen LogP contribution < -0.4 is 10.6 Å². The van der Waals surface area contributed by atoms with E-state index in [0.717, 1.165) is 17.7 Å². The summed E-state index contributed by atoms with van der Waals surface area (Å²) in [6.45, 7) is 1.95. The molecule has 0 radical (unpaired) electrons. The highest BCUT2D eigenvalue weighted by Gasteiger charge is 2.48. The Hall–Kier alpha value is -2.76. The number of hydrogen-bond acceptors (Lipinski definition) is 2. The van der Waals surface area contributed by atoms with Crippen molar-refractivity contribution < 1.29 is 18.4 Å². The molecule has 2 aromatic carbocycles. The fourth-order valence-corrected chi connectivity index (χ4v) is 2.46. The quantitative estimate of drug-likeness (QED) is 0.901. The molecule has 0 aromatic heterocycles. The van der Waals surface area contributed by atoms with Gasteiger partial charge < -0.3 is 10.6 Å². The maximum Gasteiger partial charge on any atom is 0.228 e. The van der Waals surface area contributed by atoms with Crippen molar-refractivity contribution in [1.29, 1.82) is 0 Å². The zero-order valence-corrected chi connectivity index (χ0v) is 13.0. The van der Waals surface area contributed by atoms with Crippen LogP contribution in [0.2, 0.25) is 0 Å². The smallest absolute Gasteiger partial charge is 0.228 e. The van der Waals surface area contributed by atoms with Crippen molar-refractivity contribution in [3.63, 3.8) is 0 Å². The van der Waals surface area contributed by atoms with Gasteiger partial charge in [-0.2, -0.15) is 0 Å². The van der Waals surface area contributed by atoms with Gasteiger partial charge in [0.1, 0.15) is 0 Å². The number of anilines is 2. The molecule has 4 nitrogen and oxygen atoms in total. The van der Waals surface area contributed by atoms with Crippen LogP contribution in [-0.2, 0) is 9.59 Å². The molecule has 1 aliphatic carbocycles. The summed E-state index contributed by atoms with van der Waals surface area (Å²) in [5.41, 5.74) is 1.93. The highest BCUT2D eigenvalue weighted by molar-refractivity contribution is 6.03. The van der Waals surface area contributed by atoms with Gasteiger partial charge in [0.15, 0.2) is 11.6 Å². The van der Waals surface area contributed by atoms with E-state index in [9.17, 15) is 18.4 Å². The topological polar surface area (TPSA) is 58.2 Å². The Labute approximate surface area is 137 Å². The van der Waals surface area contributed by atoms with Gasteiger partial charge in [-0.15, -0.1) is 0 Å². The molecule has 2 atom stereocenters. The second-order valence-electron chi connectivity index (χ2n) is 5.92. The van der Waals surface area contributed by atoms with Gasteiger partial charge in [-0.05, 0) is 37.6 Å². The SMILES string of the molecule is Cc1ccc(NC(=O)C2CC2C(=O)Nc2ccc(F)c(F)c2)cc1. The number of amides is 2. The average molecular weight is 330 g/mol. The summed E-state index contributed by atoms with van der Waals surface area (Å²) in [6.07, 6.45) is 0.438. The van der Waals surface area contributed by atoms with Crippen molar-refractivity contribution in [3.8, 4) is 0 Å². The number of benzene rings is 2. The van der Waals surface area contributed by atoms with Gasteiger partial charge in [0.05, 0.1) is 11.8 Å². The van der Waals surface area contributed by atoms with Crippen molar-refractivity contribution in [2.45, 2.75) is 13.3 Å². The van der Waals surface area contributed by atoms with Crippen LogP contribution in [0.3, 0.4) is 0 Å². The summed E-state index contributed by atoms with van der Waals surface area (Å²) in [5, 5.41) is 5.27. The maximum absolute atomic E-state index is 13.1. The second kappa shape index (κ2) is 6.39. The zero-order chi connectivity index (χ0) is 17.3. The zero-order valence-electron chi connectivity index (χ0n) is 13.0. The van der Waals surface area contributed by atoms with Crippen LogP contribution in [0.15, 0.2) is 42.5 Å². The lowest BCUT2D eigenvalue weighted by molar-refractivity contribution is -0.122. The van der Waals surface area contributed by atoms with Crippen LogP contribution in [-0.4, -0.2) is 11.8 Å². The molecule has 0 aliphatic heterocycles. The maximum atomic E-state index is 13.1. The molecule has 2 amide bonds. The van der Waals surface area contributed by atoms with Crippen LogP contribution >= 0.6 is 0 Å². The lowest BCUT2D eigenvalue weighted by atomic mass is 10.2. The molecule has 6 heteroatoms. The van der Waals surface area contributed by atoms with Crippen LogP contribution in [0.5, 0.6) is 0 Å². The normalized spacial score (nSPS) is 18.8. The van der Waals surface area contributed by atoms with Gasteiger partial charge in [0, 0.05) is 17.4 Å². The fourth-order valence-electron chi connectivity index (χ4n) is 2.46. The molecule has 2 aromatic rings. The first-order valence-corrected chi connectivity index (χ1v) is 7.57. The molecular weight excluding hydrogens is 314 g/mol. The number of nitrogens with one attached hydrogen (secondary N) is 2. The molecule has 24 heavy (non-hydrogen) atoms. The van der Waals surface area contributed by atoms with Gasteiger partial charge in [-0.25, -0.2) is 8.78 Å². The fraction of sp³-hybridized carbons (Fsp3) is 0.222. The van der Waals surface area contributed by atoms with E-state index in [1.807, 2.05) is 19.1 Å². The first kappa shape index (κ1) is 16.1. The summed E-state index contributed by atoms with van der Waals surface area (Å²) < 4.78 is 26.0. The van der Waals surface area contributed by atoms with Gasteiger partial charge in [-0.3, -0.25) is 9.59 Å². The largest absolute Gasteiger partial charge is 0.326 e. The molecular formula is C18H16F2N2O2. The number of carbonyl (C=O) groups is 2. The first-order valence-electron chi connectivity index (χ1n) is 7.57. The minimum atomic E-state index is -1.03. The van der Waals surface area contributed by atoms with E-state index in [2.05, 4.69) is 10.6 Å². The van der Waals surface area contributed by atoms with Gasteiger partial charge in [-0.1, -0.05) is 17.7 Å². The lowest BCUT2D eigenvalue weighted by Gasteiger charge is -2.07. The molecule has 0 heterocycles. The van der Waals surface area contributed by atoms with Crippen LogP contribution in [0.1, 0.15) is 12.0 Å². The van der Waals surface area contributed by atoms with E-state index in [1.165, 1.54) is 6.07 Å². The minimum absolute atomic E-state index is 0.170. The van der Waals surface area contributed by atoms with E-state index < -0.39 is 23.5 Å². The van der Waals surface area contributed by atoms with E-state index in [-0.39, 0.29) is 17.5 Å². The molecule has 0 saturated heterocycles. The number of hydrogen-bond donors (Lipinski definition) is 2. The first-order chi connectivity index (χ1) is 11.4. The molecule has 2 unspecified atom stereocenters. The number of carbonyl (C=O) groups excluding carboxylic acids is 2. The summed E-state index contributed by atoms with van der Waals surface area (Å²) >= 11 is 0. The van der Waals surface area contributed by atoms with Crippen LogP contribution in [0, 0.1) is 30.4 Å². The van der Waals surface area contributed by atoms with Crippen molar-refractivity contribution >= 4 is 23.2 Å². The Morgan fingerprint density at radius 1 is 0.875 bits per heavy atom. The third kappa shape index (κ3) is 3.59. The molecule has 0 bridgehead atoms. The number of rotatable bonds is 4. The summed E-state index contributed by atoms with van der Waals surface area (Å²) in [5.74, 6) is -3.46. The number of halogens is 2. The molecule has 3 rings (SSSR count). The van der Waals surface area contributed by atoms with Crippen LogP contribution in [0.25, 0.3) is 0 Å². The third-order valence-electron chi connectivity index (χ3n) is 3.97. The monoisotopic (exact) mass is 330 g/mol. The van der Waals surface area contributed by atoms with Gasteiger partial charge in [0.25, 0.3) is 0 Å². The molecule has 0 spiro atoms. The molecule has 1 fully saturated rings. The lowest BCUT2D eigenvalue weighted by Crippen LogP contribution is -2.20. The Morgan fingerprint density at radius 3 is 2.00 bits per heavy atom. The average Bonchev–Trinajstić information content (AvgIpc) is 3.34. The molecule has 124 valence electrons.